The van der Waals surface area contributed by atoms with Gasteiger partial charge in [0, 0.05) is 11.2 Å². The molecule has 20 heavy (non-hydrogen) atoms. The number of aromatic nitrogens is 1. The van der Waals surface area contributed by atoms with Crippen molar-refractivity contribution in [2.45, 2.75) is 6.54 Å². The van der Waals surface area contributed by atoms with Crippen LogP contribution in [0.1, 0.15) is 15.9 Å². The van der Waals surface area contributed by atoms with Crippen LogP contribution in [-0.4, -0.2) is 16.7 Å². The molecule has 3 rings (SSSR count). The van der Waals surface area contributed by atoms with E-state index < -0.39 is 11.7 Å². The Morgan fingerprint density at radius 1 is 1.10 bits per heavy atom. The molecular formula is C14H8Cl2N2O2. The van der Waals surface area contributed by atoms with Crippen LogP contribution in [-0.2, 0) is 11.3 Å². The fraction of sp³-hybridized carbons (Fsp3) is 0.0714. The molecule has 2 aromatic rings. The van der Waals surface area contributed by atoms with Crippen LogP contribution in [0, 0.1) is 0 Å². The molecule has 1 aliphatic heterocycles. The van der Waals surface area contributed by atoms with E-state index in [2.05, 4.69) is 4.98 Å². The maximum Gasteiger partial charge on any atom is 0.299 e. The number of carbonyl (C=O) groups excluding carboxylic acids is 2. The number of amides is 1. The highest BCUT2D eigenvalue weighted by Crippen LogP contribution is 2.32. The van der Waals surface area contributed by atoms with Crippen LogP contribution in [0.4, 0.5) is 5.69 Å². The molecular weight excluding hydrogens is 299 g/mol. The summed E-state index contributed by atoms with van der Waals surface area (Å²) in [5.41, 5.74) is 1.70. The molecule has 0 atom stereocenters. The van der Waals surface area contributed by atoms with Crippen LogP contribution in [0.3, 0.4) is 0 Å². The molecule has 0 N–H and O–H groups in total. The van der Waals surface area contributed by atoms with Gasteiger partial charge in [-0.2, -0.15) is 0 Å². The van der Waals surface area contributed by atoms with Crippen molar-refractivity contribution < 1.29 is 9.59 Å². The molecule has 0 spiro atoms. The highest BCUT2D eigenvalue weighted by atomic mass is 35.5. The molecule has 1 aliphatic rings. The number of carbonyl (C=O) groups is 2. The number of rotatable bonds is 2. The monoisotopic (exact) mass is 306 g/mol. The van der Waals surface area contributed by atoms with E-state index in [1.165, 1.54) is 11.0 Å². The number of ketones is 1. The van der Waals surface area contributed by atoms with Gasteiger partial charge in [0.15, 0.2) is 0 Å². The van der Waals surface area contributed by atoms with Crippen molar-refractivity contribution in [1.29, 1.82) is 0 Å². The summed E-state index contributed by atoms with van der Waals surface area (Å²) < 4.78 is 0. The Balaban J connectivity index is 1.99. The number of benzene rings is 1. The Hall–Kier alpha value is -1.91. The summed E-state index contributed by atoms with van der Waals surface area (Å²) in [5, 5.41) is 0.774. The van der Waals surface area contributed by atoms with E-state index in [4.69, 9.17) is 23.2 Å². The fourth-order valence-corrected chi connectivity index (χ4v) is 2.52. The standard InChI is InChI=1S/C14H8Cl2N2O2/c15-9-1-2-11-10(6-9)13(19)14(20)18(11)7-8-3-4-17-12(16)5-8/h1-6H,7H2. The number of Topliss-reactive ketones (excluding diaryl/α,β-unsaturated/α-hetero) is 1. The minimum atomic E-state index is -0.560. The van der Waals surface area contributed by atoms with Gasteiger partial charge in [0.2, 0.25) is 0 Å². The van der Waals surface area contributed by atoms with Crippen LogP contribution in [0.25, 0.3) is 0 Å². The van der Waals surface area contributed by atoms with Crippen LogP contribution >= 0.6 is 23.2 Å². The van der Waals surface area contributed by atoms with Gasteiger partial charge in [-0.05, 0) is 35.9 Å². The first-order valence-electron chi connectivity index (χ1n) is 5.82. The van der Waals surface area contributed by atoms with Crippen molar-refractivity contribution in [3.05, 3.63) is 57.8 Å². The molecule has 4 nitrogen and oxygen atoms in total. The molecule has 0 aliphatic carbocycles. The molecule has 100 valence electrons. The van der Waals surface area contributed by atoms with E-state index in [0.29, 0.717) is 21.4 Å². The Labute approximate surface area is 124 Å². The lowest BCUT2D eigenvalue weighted by Gasteiger charge is -2.16. The van der Waals surface area contributed by atoms with Crippen molar-refractivity contribution in [1.82, 2.24) is 4.98 Å². The minimum absolute atomic E-state index is 0.265. The number of pyridine rings is 1. The highest BCUT2D eigenvalue weighted by molar-refractivity contribution is 6.52. The quantitative estimate of drug-likeness (QED) is 0.633. The predicted octanol–water partition coefficient (Wildman–Crippen LogP) is 3.12. The molecule has 0 unspecified atom stereocenters. The van der Waals surface area contributed by atoms with Crippen LogP contribution in [0.2, 0.25) is 10.2 Å². The maximum absolute atomic E-state index is 12.0. The summed E-state index contributed by atoms with van der Waals surface area (Å²) in [6.07, 6.45) is 1.56. The van der Waals surface area contributed by atoms with E-state index in [0.717, 1.165) is 5.56 Å². The zero-order valence-corrected chi connectivity index (χ0v) is 11.6. The van der Waals surface area contributed by atoms with Gasteiger partial charge in [-0.25, -0.2) is 4.98 Å². The Morgan fingerprint density at radius 2 is 1.90 bits per heavy atom. The van der Waals surface area contributed by atoms with Crippen molar-refractivity contribution in [3.63, 3.8) is 0 Å². The summed E-state index contributed by atoms with van der Waals surface area (Å²) in [4.78, 5) is 29.3. The summed E-state index contributed by atoms with van der Waals surface area (Å²) in [7, 11) is 0. The topological polar surface area (TPSA) is 50.3 Å². The Kier molecular flexibility index (Phi) is 3.20. The average molecular weight is 307 g/mol. The van der Waals surface area contributed by atoms with Crippen LogP contribution in [0.15, 0.2) is 36.5 Å². The second kappa shape index (κ2) is 4.89. The van der Waals surface area contributed by atoms with Gasteiger partial charge >= 0.3 is 0 Å². The van der Waals surface area contributed by atoms with Gasteiger partial charge in [-0.15, -0.1) is 0 Å². The van der Waals surface area contributed by atoms with Crippen LogP contribution < -0.4 is 4.90 Å². The summed E-state index contributed by atoms with van der Waals surface area (Å²) >= 11 is 11.7. The lowest BCUT2D eigenvalue weighted by Crippen LogP contribution is -2.29. The fourth-order valence-electron chi connectivity index (χ4n) is 2.15. The normalized spacial score (nSPS) is 13.8. The predicted molar refractivity (Wildman–Crippen MR) is 76.2 cm³/mol. The summed E-state index contributed by atoms with van der Waals surface area (Å²) in [5.74, 6) is -1.10. The van der Waals surface area contributed by atoms with Crippen molar-refractivity contribution in [2.75, 3.05) is 4.90 Å². The molecule has 0 saturated heterocycles. The number of hydrogen-bond donors (Lipinski definition) is 0. The van der Waals surface area contributed by atoms with E-state index in [1.807, 2.05) is 0 Å². The third kappa shape index (κ3) is 2.17. The van der Waals surface area contributed by atoms with Crippen molar-refractivity contribution >= 4 is 40.6 Å². The van der Waals surface area contributed by atoms with Crippen LogP contribution in [0.5, 0.6) is 0 Å². The number of halogens is 2. The number of anilines is 1. The second-order valence-electron chi connectivity index (χ2n) is 4.37. The van der Waals surface area contributed by atoms with Crippen molar-refractivity contribution in [2.24, 2.45) is 0 Å². The highest BCUT2D eigenvalue weighted by Gasteiger charge is 2.35. The molecule has 1 aromatic carbocycles. The lowest BCUT2D eigenvalue weighted by atomic mass is 10.1. The van der Waals surface area contributed by atoms with Gasteiger partial charge in [0.1, 0.15) is 5.15 Å². The minimum Gasteiger partial charge on any atom is -0.300 e. The largest absolute Gasteiger partial charge is 0.300 e. The molecule has 6 heteroatoms. The first-order valence-corrected chi connectivity index (χ1v) is 6.58. The lowest BCUT2D eigenvalue weighted by molar-refractivity contribution is -0.114. The Morgan fingerprint density at radius 3 is 2.65 bits per heavy atom. The van der Waals surface area contributed by atoms with Gasteiger partial charge in [-0.3, -0.25) is 9.59 Å². The number of hydrogen-bond acceptors (Lipinski definition) is 3. The van der Waals surface area contributed by atoms with E-state index in [1.54, 1.807) is 30.5 Å². The molecule has 1 aromatic heterocycles. The zero-order valence-electron chi connectivity index (χ0n) is 10.1. The first kappa shape index (κ1) is 13.1. The average Bonchev–Trinajstić information content (AvgIpc) is 2.64. The molecule has 2 heterocycles. The Bertz CT molecular complexity index is 731. The molecule has 0 bridgehead atoms. The molecule has 0 fully saturated rings. The third-order valence-electron chi connectivity index (χ3n) is 3.07. The molecule has 0 radical (unpaired) electrons. The van der Waals surface area contributed by atoms with E-state index >= 15 is 0 Å². The summed E-state index contributed by atoms with van der Waals surface area (Å²) in [6, 6.07) is 8.24. The zero-order chi connectivity index (χ0) is 14.3. The third-order valence-corrected chi connectivity index (χ3v) is 3.51. The SMILES string of the molecule is O=C1C(=O)N(Cc2ccnc(Cl)c2)c2ccc(Cl)cc21. The van der Waals surface area contributed by atoms with Gasteiger partial charge in [0.25, 0.3) is 11.7 Å². The number of fused-ring (bicyclic) bond motifs is 1. The van der Waals surface area contributed by atoms with E-state index in [9.17, 15) is 9.59 Å². The molecule has 0 saturated carbocycles. The first-order chi connectivity index (χ1) is 9.56. The smallest absolute Gasteiger partial charge is 0.299 e. The van der Waals surface area contributed by atoms with Gasteiger partial charge in [0.05, 0.1) is 17.8 Å². The van der Waals surface area contributed by atoms with E-state index in [-0.39, 0.29) is 6.54 Å². The van der Waals surface area contributed by atoms with Crippen molar-refractivity contribution in [3.8, 4) is 0 Å². The van der Waals surface area contributed by atoms with Gasteiger partial charge < -0.3 is 4.90 Å². The summed E-state index contributed by atoms with van der Waals surface area (Å²) in [6.45, 7) is 0.265. The second-order valence-corrected chi connectivity index (χ2v) is 5.19. The molecule has 1 amide bonds. The number of nitrogens with zero attached hydrogens (tertiary/aromatic N) is 2. The maximum atomic E-state index is 12.0. The van der Waals surface area contributed by atoms with Gasteiger partial charge in [-0.1, -0.05) is 23.2 Å².